The van der Waals surface area contributed by atoms with Gasteiger partial charge in [0.1, 0.15) is 0 Å². The van der Waals surface area contributed by atoms with Gasteiger partial charge in [-0.2, -0.15) is 0 Å². The zero-order valence-corrected chi connectivity index (χ0v) is 6.24. The van der Waals surface area contributed by atoms with E-state index in [-0.39, 0.29) is 5.91 Å². The fourth-order valence-corrected chi connectivity index (χ4v) is 0.616. The summed E-state index contributed by atoms with van der Waals surface area (Å²) in [6, 6.07) is 5.61. The maximum absolute atomic E-state index is 10.4. The lowest BCUT2D eigenvalue weighted by Crippen LogP contribution is -2.52. The monoisotopic (exact) mass is 152 g/mol. The van der Waals surface area contributed by atoms with Crippen molar-refractivity contribution in [2.24, 2.45) is 0 Å². The number of nitrogens with one attached hydrogen (secondary N) is 2. The van der Waals surface area contributed by atoms with Crippen LogP contribution in [-0.4, -0.2) is 5.91 Å². The van der Waals surface area contributed by atoms with Crippen LogP contribution in [0.1, 0.15) is 6.92 Å². The Morgan fingerprint density at radius 3 is 2.45 bits per heavy atom. The number of carbonyl (C=O) groups excluding carboxylic acids is 1. The first-order valence-corrected chi connectivity index (χ1v) is 3.28. The summed E-state index contributed by atoms with van der Waals surface area (Å²) in [6.45, 7) is 1.44. The number of hydrogen-bond donors (Lipinski definition) is 2. The molecule has 11 heavy (non-hydrogen) atoms. The van der Waals surface area contributed by atoms with E-state index in [9.17, 15) is 4.79 Å². The van der Waals surface area contributed by atoms with Crippen LogP contribution in [0.2, 0.25) is 0 Å². The van der Waals surface area contributed by atoms with Gasteiger partial charge in [0.05, 0.1) is 0 Å². The van der Waals surface area contributed by atoms with Crippen molar-refractivity contribution in [3.05, 3.63) is 30.6 Å². The lowest BCUT2D eigenvalue weighted by atomic mass is 10.5. The SMILES string of the molecule is CC(=O)NN[n+]1ccccc1. The number of carbonyl (C=O) groups is 1. The van der Waals surface area contributed by atoms with Gasteiger partial charge < -0.3 is 0 Å². The molecule has 1 heterocycles. The molecule has 0 spiro atoms. The molecule has 0 aromatic carbocycles. The average molecular weight is 152 g/mol. The van der Waals surface area contributed by atoms with Crippen molar-refractivity contribution in [2.75, 3.05) is 5.53 Å². The molecule has 4 heteroatoms. The highest BCUT2D eigenvalue weighted by Gasteiger charge is 1.94. The van der Waals surface area contributed by atoms with E-state index in [2.05, 4.69) is 11.0 Å². The van der Waals surface area contributed by atoms with Gasteiger partial charge in [-0.05, 0) is 0 Å². The molecule has 0 atom stereocenters. The molecule has 2 N–H and O–H groups in total. The van der Waals surface area contributed by atoms with E-state index < -0.39 is 0 Å². The standard InChI is InChI=1S/C7H9N3O/c1-7(11)8-9-10-5-3-2-4-6-10/h2-6,9H,1H3/p+1. The van der Waals surface area contributed by atoms with Crippen molar-refractivity contribution in [3.8, 4) is 0 Å². The van der Waals surface area contributed by atoms with Gasteiger partial charge in [0.15, 0.2) is 0 Å². The van der Waals surface area contributed by atoms with Crippen LogP contribution in [0.25, 0.3) is 0 Å². The number of rotatable bonds is 2. The van der Waals surface area contributed by atoms with Crippen LogP contribution in [0.15, 0.2) is 30.6 Å². The second-order valence-electron chi connectivity index (χ2n) is 2.08. The van der Waals surface area contributed by atoms with Gasteiger partial charge in [-0.15, -0.1) is 0 Å². The number of nitrogens with zero attached hydrogens (tertiary/aromatic N) is 1. The molecular formula is C7H10N3O+. The van der Waals surface area contributed by atoms with E-state index in [0.717, 1.165) is 0 Å². The third kappa shape index (κ3) is 2.66. The third-order valence-electron chi connectivity index (χ3n) is 1.08. The quantitative estimate of drug-likeness (QED) is 0.446. The van der Waals surface area contributed by atoms with Crippen molar-refractivity contribution >= 4 is 5.91 Å². The average Bonchev–Trinajstić information content (AvgIpc) is 2.03. The fraction of sp³-hybridized carbons (Fsp3) is 0.143. The Morgan fingerprint density at radius 2 is 1.91 bits per heavy atom. The Morgan fingerprint density at radius 1 is 1.27 bits per heavy atom. The Hall–Kier alpha value is -1.58. The number of hydrogen-bond acceptors (Lipinski definition) is 2. The van der Waals surface area contributed by atoms with E-state index >= 15 is 0 Å². The van der Waals surface area contributed by atoms with Gasteiger partial charge in [0.2, 0.25) is 18.3 Å². The van der Waals surface area contributed by atoms with Gasteiger partial charge in [-0.3, -0.25) is 4.79 Å². The highest BCUT2D eigenvalue weighted by Crippen LogP contribution is 1.72. The smallest absolute Gasteiger partial charge is 0.239 e. The minimum atomic E-state index is -0.124. The van der Waals surface area contributed by atoms with Crippen LogP contribution in [0.4, 0.5) is 0 Å². The second-order valence-corrected chi connectivity index (χ2v) is 2.08. The summed E-state index contributed by atoms with van der Waals surface area (Å²) in [6.07, 6.45) is 3.58. The first kappa shape index (κ1) is 7.53. The van der Waals surface area contributed by atoms with Gasteiger partial charge in [-0.1, -0.05) is 16.3 Å². The largest absolute Gasteiger partial charge is 0.273 e. The normalized spacial score (nSPS) is 8.82. The van der Waals surface area contributed by atoms with Crippen molar-refractivity contribution < 1.29 is 9.47 Å². The molecule has 4 nitrogen and oxygen atoms in total. The molecule has 0 aliphatic carbocycles. The van der Waals surface area contributed by atoms with Crippen molar-refractivity contribution in [3.63, 3.8) is 0 Å². The van der Waals surface area contributed by atoms with Gasteiger partial charge in [0.25, 0.3) is 0 Å². The highest BCUT2D eigenvalue weighted by atomic mass is 16.2. The summed E-state index contributed by atoms with van der Waals surface area (Å²) >= 11 is 0. The molecule has 1 amide bonds. The number of pyridine rings is 1. The van der Waals surface area contributed by atoms with Gasteiger partial charge in [-0.25, -0.2) is 5.43 Å². The summed E-state index contributed by atoms with van der Waals surface area (Å²) in [5.74, 6) is -0.124. The van der Waals surface area contributed by atoms with Crippen LogP contribution < -0.4 is 15.6 Å². The number of hydrazine groups is 1. The third-order valence-corrected chi connectivity index (χ3v) is 1.08. The first-order chi connectivity index (χ1) is 5.29. The van der Waals surface area contributed by atoms with Gasteiger partial charge >= 0.3 is 0 Å². The summed E-state index contributed by atoms with van der Waals surface area (Å²) in [5.41, 5.74) is 5.10. The Bertz CT molecular complexity index is 235. The van der Waals surface area contributed by atoms with E-state index in [1.807, 2.05) is 18.2 Å². The lowest BCUT2D eigenvalue weighted by Gasteiger charge is -1.97. The molecule has 1 aromatic rings. The fourth-order valence-electron chi connectivity index (χ4n) is 0.616. The minimum Gasteiger partial charge on any atom is -0.273 e. The van der Waals surface area contributed by atoms with Crippen molar-refractivity contribution in [1.82, 2.24) is 5.43 Å². The molecule has 0 fully saturated rings. The van der Waals surface area contributed by atoms with E-state index in [1.54, 1.807) is 17.1 Å². The molecule has 0 saturated carbocycles. The summed E-state index contributed by atoms with van der Waals surface area (Å²) in [5, 5.41) is 0. The minimum absolute atomic E-state index is 0.124. The van der Waals surface area contributed by atoms with E-state index in [1.165, 1.54) is 6.92 Å². The molecule has 0 saturated heterocycles. The molecule has 0 unspecified atom stereocenters. The van der Waals surface area contributed by atoms with Crippen LogP contribution in [0, 0.1) is 0 Å². The highest BCUT2D eigenvalue weighted by molar-refractivity contribution is 5.72. The Balaban J connectivity index is 2.45. The van der Waals surface area contributed by atoms with Crippen molar-refractivity contribution in [1.29, 1.82) is 0 Å². The zero-order chi connectivity index (χ0) is 8.10. The Kier molecular flexibility index (Phi) is 2.43. The van der Waals surface area contributed by atoms with Crippen LogP contribution >= 0.6 is 0 Å². The van der Waals surface area contributed by atoms with Crippen molar-refractivity contribution in [2.45, 2.75) is 6.92 Å². The number of aromatic nitrogens is 1. The van der Waals surface area contributed by atoms with Gasteiger partial charge in [0, 0.05) is 19.1 Å². The first-order valence-electron chi connectivity index (χ1n) is 3.28. The Labute approximate surface area is 64.8 Å². The number of amides is 1. The maximum atomic E-state index is 10.4. The van der Waals surface area contributed by atoms with Crippen LogP contribution in [0.3, 0.4) is 0 Å². The van der Waals surface area contributed by atoms with Crippen LogP contribution in [-0.2, 0) is 4.79 Å². The lowest BCUT2D eigenvalue weighted by molar-refractivity contribution is -0.654. The molecule has 58 valence electrons. The zero-order valence-electron chi connectivity index (χ0n) is 6.24. The van der Waals surface area contributed by atoms with Crippen LogP contribution in [0.5, 0.6) is 0 Å². The predicted molar refractivity (Wildman–Crippen MR) is 39.8 cm³/mol. The molecule has 1 aromatic heterocycles. The molecule has 0 radical (unpaired) electrons. The van der Waals surface area contributed by atoms with E-state index in [4.69, 9.17) is 0 Å². The van der Waals surface area contributed by atoms with E-state index in [0.29, 0.717) is 0 Å². The predicted octanol–water partition coefficient (Wildman–Crippen LogP) is -0.431. The summed E-state index contributed by atoms with van der Waals surface area (Å²) in [4.78, 5) is 10.4. The summed E-state index contributed by atoms with van der Waals surface area (Å²) in [7, 11) is 0. The second kappa shape index (κ2) is 3.55. The molecule has 1 rings (SSSR count). The molecular weight excluding hydrogens is 142 g/mol. The topological polar surface area (TPSA) is 45.0 Å². The maximum Gasteiger partial charge on any atom is 0.239 e. The molecule has 0 aliphatic heterocycles. The molecule has 0 aliphatic rings. The molecule has 0 bridgehead atoms. The summed E-state index contributed by atoms with van der Waals surface area (Å²) < 4.78 is 1.64.